The molecule has 12 heteroatoms. The monoisotopic (exact) mass is 601 g/mol. The van der Waals surface area contributed by atoms with E-state index in [0.717, 1.165) is 54.4 Å². The van der Waals surface area contributed by atoms with Crippen LogP contribution in [0.25, 0.3) is 11.3 Å². The van der Waals surface area contributed by atoms with Crippen LogP contribution in [-0.4, -0.2) is 66.5 Å². The molecular formula is C31H44BN7O3Si. The Morgan fingerprint density at radius 1 is 1.26 bits per heavy atom. The average Bonchev–Trinajstić information content (AvgIpc) is 3.49. The molecule has 3 aromatic rings. The summed E-state index contributed by atoms with van der Waals surface area (Å²) < 4.78 is 14.1. The van der Waals surface area contributed by atoms with Gasteiger partial charge in [0.2, 0.25) is 5.95 Å². The van der Waals surface area contributed by atoms with Gasteiger partial charge in [-0.1, -0.05) is 27.7 Å². The van der Waals surface area contributed by atoms with Crippen LogP contribution >= 0.6 is 0 Å². The largest absolute Gasteiger partial charge is 0.432 e. The highest BCUT2D eigenvalue weighted by Gasteiger charge is 2.46. The molecule has 43 heavy (non-hydrogen) atoms. The lowest BCUT2D eigenvalue weighted by Crippen LogP contribution is -2.47. The molecule has 0 aliphatic carbocycles. The van der Waals surface area contributed by atoms with Crippen molar-refractivity contribution in [3.8, 4) is 17.3 Å². The summed E-state index contributed by atoms with van der Waals surface area (Å²) in [6, 6.07) is 10.3. The van der Waals surface area contributed by atoms with Gasteiger partial charge in [-0.05, 0) is 61.6 Å². The molecule has 4 heterocycles. The number of anilines is 3. The Kier molecular flexibility index (Phi) is 8.48. The van der Waals surface area contributed by atoms with Gasteiger partial charge in [0.25, 0.3) is 0 Å². The molecule has 2 aliphatic rings. The summed E-state index contributed by atoms with van der Waals surface area (Å²) in [4.78, 5) is 11.2. The quantitative estimate of drug-likeness (QED) is 0.318. The lowest BCUT2D eigenvalue weighted by atomic mass is 9.83. The first-order valence-electron chi connectivity index (χ1n) is 15.1. The summed E-state index contributed by atoms with van der Waals surface area (Å²) >= 11 is 0. The Morgan fingerprint density at radius 3 is 2.63 bits per heavy atom. The molecule has 2 N–H and O–H groups in total. The number of hydrogen-bond acceptors (Lipinski definition) is 9. The van der Waals surface area contributed by atoms with Crippen LogP contribution in [0.2, 0.25) is 25.0 Å². The van der Waals surface area contributed by atoms with Crippen molar-refractivity contribution in [2.24, 2.45) is 7.05 Å². The minimum absolute atomic E-state index is 0.0677. The molecule has 228 valence electrons. The van der Waals surface area contributed by atoms with Crippen LogP contribution in [-0.2, 0) is 21.6 Å². The summed E-state index contributed by atoms with van der Waals surface area (Å²) in [6.45, 7) is 17.7. The number of hydrogen-bond donors (Lipinski definition) is 2. The van der Waals surface area contributed by atoms with Crippen LogP contribution in [0, 0.1) is 11.3 Å². The predicted octanol–water partition coefficient (Wildman–Crippen LogP) is 5.60. The maximum absolute atomic E-state index is 10.7. The molecule has 5 rings (SSSR count). The summed E-state index contributed by atoms with van der Waals surface area (Å²) in [5, 5.41) is 29.1. The molecule has 1 aromatic carbocycles. The maximum Gasteiger partial charge on any atom is 0.409 e. The summed E-state index contributed by atoms with van der Waals surface area (Å²) in [6.07, 6.45) is 3.66. The number of rotatable bonds is 8. The van der Waals surface area contributed by atoms with Crippen LogP contribution in [0.3, 0.4) is 0 Å². The first-order chi connectivity index (χ1) is 20.2. The van der Waals surface area contributed by atoms with E-state index < -0.39 is 20.8 Å². The molecule has 0 amide bonds. The third kappa shape index (κ3) is 6.22. The number of aromatic nitrogens is 4. The van der Waals surface area contributed by atoms with Crippen LogP contribution in [0.15, 0.2) is 30.5 Å². The van der Waals surface area contributed by atoms with Gasteiger partial charge < -0.3 is 24.3 Å². The molecule has 2 aliphatic heterocycles. The molecule has 0 spiro atoms. The predicted molar refractivity (Wildman–Crippen MR) is 173 cm³/mol. The number of nitrogens with one attached hydrogen (secondary N) is 1. The fraction of sp³-hybridized carbons (Fsp3) is 0.548. The number of benzene rings is 1. The molecule has 1 atom stereocenters. The van der Waals surface area contributed by atoms with Gasteiger partial charge in [0.05, 0.1) is 17.0 Å². The summed E-state index contributed by atoms with van der Waals surface area (Å²) in [7, 11) is -0.869. The number of ether oxygens (including phenoxy) is 1. The SMILES string of the molecule is CB(O)N1C[C@](C)(CO[Si](C)(C)C(C)(C)C)c2cc(-c3ccnc(Nc4cc(C5CCOCC5)nn4C)n3)cc(C#N)c21. The Hall–Kier alpha value is -3.24. The average molecular weight is 602 g/mol. The highest BCUT2D eigenvalue weighted by atomic mass is 28.4. The minimum Gasteiger partial charge on any atom is -0.432 e. The van der Waals surface area contributed by atoms with Crippen LogP contribution in [0.1, 0.15) is 63.3 Å². The van der Waals surface area contributed by atoms with Crippen LogP contribution < -0.4 is 10.1 Å². The lowest BCUT2D eigenvalue weighted by molar-refractivity contribution is 0.0844. The van der Waals surface area contributed by atoms with Crippen molar-refractivity contribution < 1.29 is 14.2 Å². The van der Waals surface area contributed by atoms with Crippen molar-refractivity contribution in [1.82, 2.24) is 19.7 Å². The van der Waals surface area contributed by atoms with Gasteiger partial charge in [-0.15, -0.1) is 0 Å². The van der Waals surface area contributed by atoms with Crippen LogP contribution in [0.5, 0.6) is 0 Å². The first kappa shape index (κ1) is 31.2. The highest BCUT2D eigenvalue weighted by Crippen LogP contribution is 2.47. The van der Waals surface area contributed by atoms with Crippen molar-refractivity contribution in [2.45, 2.75) is 76.8 Å². The van der Waals surface area contributed by atoms with E-state index in [1.807, 2.05) is 28.7 Å². The Bertz CT molecular complexity index is 1520. The standard InChI is InChI=1S/C31H44BN7O3Si/c1-30(2,3)43(7,8)42-20-31(4)19-39(32(5)40)28-23(18-33)15-22(16-24(28)31)25-9-12-34-29(35-25)36-27-17-26(37-38(27)6)21-10-13-41-14-11-21/h9,12,15-17,21,40H,10-11,13-14,19-20H2,1-8H3,(H,34,35,36)/t31-/m1/s1. The van der Waals surface area contributed by atoms with Gasteiger partial charge in [0, 0.05) is 68.3 Å². The number of fused-ring (bicyclic) bond motifs is 1. The Balaban J connectivity index is 1.48. The molecule has 1 saturated heterocycles. The molecule has 10 nitrogen and oxygen atoms in total. The lowest BCUT2D eigenvalue weighted by Gasteiger charge is -2.39. The minimum atomic E-state index is -2.04. The molecule has 1 fully saturated rings. The third-order valence-corrected chi connectivity index (χ3v) is 13.9. The Labute approximate surface area is 256 Å². The zero-order valence-electron chi connectivity index (χ0n) is 26.7. The van der Waals surface area contributed by atoms with Gasteiger partial charge >= 0.3 is 7.05 Å². The normalized spacial score (nSPS) is 19.3. The number of nitriles is 1. The van der Waals surface area contributed by atoms with Gasteiger partial charge in [-0.2, -0.15) is 10.4 Å². The summed E-state index contributed by atoms with van der Waals surface area (Å²) in [5.41, 5.74) is 4.40. The van der Waals surface area contributed by atoms with E-state index >= 15 is 0 Å². The molecule has 0 radical (unpaired) electrons. The van der Waals surface area contributed by atoms with E-state index in [-0.39, 0.29) is 5.04 Å². The van der Waals surface area contributed by atoms with E-state index in [0.29, 0.717) is 36.3 Å². The maximum atomic E-state index is 10.7. The van der Waals surface area contributed by atoms with Crippen molar-refractivity contribution in [1.29, 1.82) is 5.26 Å². The number of aryl methyl sites for hydroxylation is 1. The zero-order chi connectivity index (χ0) is 31.2. The van der Waals surface area contributed by atoms with Crippen molar-refractivity contribution in [3.63, 3.8) is 0 Å². The zero-order valence-corrected chi connectivity index (χ0v) is 27.7. The highest BCUT2D eigenvalue weighted by molar-refractivity contribution is 6.74. The third-order valence-electron chi connectivity index (χ3n) is 9.43. The van der Waals surface area contributed by atoms with Crippen molar-refractivity contribution in [2.75, 3.05) is 36.5 Å². The molecule has 2 aromatic heterocycles. The van der Waals surface area contributed by atoms with E-state index in [1.165, 1.54) is 0 Å². The smallest absolute Gasteiger partial charge is 0.409 e. The second-order valence-corrected chi connectivity index (χ2v) is 18.6. The van der Waals surface area contributed by atoms with Gasteiger partial charge in [0.1, 0.15) is 11.9 Å². The molecule has 0 bridgehead atoms. The molecule has 0 unspecified atom stereocenters. The second kappa shape index (κ2) is 11.7. The number of nitrogens with zero attached hydrogens (tertiary/aromatic N) is 6. The Morgan fingerprint density at radius 2 is 1.98 bits per heavy atom. The van der Waals surface area contributed by atoms with E-state index in [1.54, 1.807) is 13.0 Å². The molecular weight excluding hydrogens is 557 g/mol. The fourth-order valence-electron chi connectivity index (χ4n) is 5.67. The van der Waals surface area contributed by atoms with Crippen molar-refractivity contribution in [3.05, 3.63) is 47.3 Å². The van der Waals surface area contributed by atoms with E-state index in [2.05, 4.69) is 69.3 Å². The summed E-state index contributed by atoms with van der Waals surface area (Å²) in [5.74, 6) is 1.65. The second-order valence-electron chi connectivity index (χ2n) is 13.8. The van der Waals surface area contributed by atoms with E-state index in [9.17, 15) is 10.3 Å². The van der Waals surface area contributed by atoms with Crippen LogP contribution in [0.4, 0.5) is 17.5 Å². The fourth-order valence-corrected chi connectivity index (χ4v) is 6.78. The van der Waals surface area contributed by atoms with Gasteiger partial charge in [-0.3, -0.25) is 4.68 Å². The van der Waals surface area contributed by atoms with Crippen molar-refractivity contribution >= 4 is 32.8 Å². The topological polar surface area (TPSA) is 121 Å². The van der Waals surface area contributed by atoms with E-state index in [4.69, 9.17) is 19.2 Å². The van der Waals surface area contributed by atoms with Gasteiger partial charge in [-0.25, -0.2) is 9.97 Å². The molecule has 0 saturated carbocycles. The van der Waals surface area contributed by atoms with Gasteiger partial charge in [0.15, 0.2) is 8.32 Å². The first-order valence-corrected chi connectivity index (χ1v) is 18.0.